The van der Waals surface area contributed by atoms with Gasteiger partial charge in [0.2, 0.25) is 0 Å². The van der Waals surface area contributed by atoms with Gasteiger partial charge in [-0.2, -0.15) is 0 Å². The molecular weight excluding hydrogens is 261 g/mol. The minimum absolute atomic E-state index is 0.117. The molecule has 0 atom stereocenters. The highest BCUT2D eigenvalue weighted by Crippen LogP contribution is 2.45. The summed E-state index contributed by atoms with van der Waals surface area (Å²) in [4.78, 5) is 15.5. The van der Waals surface area contributed by atoms with Crippen molar-refractivity contribution in [3.8, 4) is 0 Å². The Morgan fingerprint density at radius 3 is 2.53 bits per heavy atom. The monoisotopic (exact) mass is 285 g/mol. The van der Waals surface area contributed by atoms with Crippen LogP contribution in [0, 0.1) is 0 Å². The van der Waals surface area contributed by atoms with Gasteiger partial charge in [0.05, 0.1) is 25.8 Å². The van der Waals surface area contributed by atoms with Crippen LogP contribution in [0.4, 0.5) is 5.82 Å². The zero-order valence-corrected chi connectivity index (χ0v) is 13.1. The van der Waals surface area contributed by atoms with Crippen molar-refractivity contribution >= 4 is 13.7 Å². The second-order valence-corrected chi connectivity index (χ2v) is 8.44. The summed E-state index contributed by atoms with van der Waals surface area (Å²) < 4.78 is 7.23. The third-order valence-corrected chi connectivity index (χ3v) is 6.08. The van der Waals surface area contributed by atoms with E-state index in [0.717, 1.165) is 6.35 Å². The third-order valence-electron chi connectivity index (χ3n) is 2.94. The van der Waals surface area contributed by atoms with Crippen molar-refractivity contribution in [1.29, 1.82) is 0 Å². The minimum Gasteiger partial charge on any atom is -0.383 e. The molecule has 0 saturated carbocycles. The van der Waals surface area contributed by atoms with Crippen LogP contribution in [-0.2, 0) is 11.3 Å². The fraction of sp³-hybridized carbons (Fsp3) is 0.692. The largest absolute Gasteiger partial charge is 0.383 e. The van der Waals surface area contributed by atoms with Gasteiger partial charge in [0.15, 0.2) is 0 Å². The SMILES string of the molecule is CC(C)P(COCCn1cnc(N)cc1=O)C(C)C. The topological polar surface area (TPSA) is 70.1 Å². The van der Waals surface area contributed by atoms with E-state index >= 15 is 0 Å². The molecule has 0 saturated heterocycles. The van der Waals surface area contributed by atoms with Crippen molar-refractivity contribution < 1.29 is 4.74 Å². The number of aromatic nitrogens is 2. The molecule has 2 N–H and O–H groups in total. The Morgan fingerprint density at radius 1 is 1.37 bits per heavy atom. The summed E-state index contributed by atoms with van der Waals surface area (Å²) in [6, 6.07) is 1.33. The lowest BCUT2D eigenvalue weighted by Gasteiger charge is -2.25. The lowest BCUT2D eigenvalue weighted by molar-refractivity contribution is 0.167. The second-order valence-electron chi connectivity index (χ2n) is 5.08. The standard InChI is InChI=1S/C13H24N3O2P/c1-10(2)19(11(3)4)9-18-6-5-16-8-15-12(14)7-13(16)17/h7-8,10-11H,5-6,9,14H2,1-4H3. The molecule has 0 radical (unpaired) electrons. The molecule has 0 aliphatic heterocycles. The third kappa shape index (κ3) is 5.29. The number of nitrogens with two attached hydrogens (primary N) is 1. The number of hydrogen-bond donors (Lipinski definition) is 1. The number of nitrogens with zero attached hydrogens (tertiary/aromatic N) is 2. The Hall–Kier alpha value is -0.930. The van der Waals surface area contributed by atoms with E-state index < -0.39 is 0 Å². The first-order valence-electron chi connectivity index (χ1n) is 6.57. The molecule has 5 nitrogen and oxygen atoms in total. The number of nitrogen functional groups attached to an aromatic ring is 1. The lowest BCUT2D eigenvalue weighted by Crippen LogP contribution is -2.23. The van der Waals surface area contributed by atoms with E-state index in [0.29, 0.717) is 24.5 Å². The second kappa shape index (κ2) is 7.61. The molecule has 108 valence electrons. The molecule has 0 aromatic carbocycles. The maximum Gasteiger partial charge on any atom is 0.255 e. The van der Waals surface area contributed by atoms with Gasteiger partial charge in [-0.05, 0) is 11.3 Å². The quantitative estimate of drug-likeness (QED) is 0.615. The summed E-state index contributed by atoms with van der Waals surface area (Å²) in [5.41, 5.74) is 6.63. The van der Waals surface area contributed by atoms with E-state index in [1.807, 2.05) is 0 Å². The number of hydrogen-bond acceptors (Lipinski definition) is 4. The molecule has 19 heavy (non-hydrogen) atoms. The molecule has 0 amide bonds. The zero-order valence-electron chi connectivity index (χ0n) is 12.2. The normalized spacial score (nSPS) is 11.7. The average Bonchev–Trinajstić information content (AvgIpc) is 2.30. The Bertz CT molecular complexity index is 438. The van der Waals surface area contributed by atoms with Gasteiger partial charge >= 0.3 is 0 Å². The molecular formula is C13H24N3O2P. The Morgan fingerprint density at radius 2 is 2.00 bits per heavy atom. The van der Waals surface area contributed by atoms with E-state index in [1.54, 1.807) is 0 Å². The van der Waals surface area contributed by atoms with E-state index in [2.05, 4.69) is 32.7 Å². The summed E-state index contributed by atoms with van der Waals surface area (Å²) in [5, 5.41) is 0. The zero-order chi connectivity index (χ0) is 14.4. The summed E-state index contributed by atoms with van der Waals surface area (Å²) in [5.74, 6) is 0.255. The van der Waals surface area contributed by atoms with Crippen molar-refractivity contribution in [2.45, 2.75) is 45.6 Å². The van der Waals surface area contributed by atoms with E-state index in [9.17, 15) is 4.79 Å². The summed E-state index contributed by atoms with van der Waals surface area (Å²) in [6.07, 6.45) is 2.26. The summed E-state index contributed by atoms with van der Waals surface area (Å²) >= 11 is 0. The molecule has 0 unspecified atom stereocenters. The van der Waals surface area contributed by atoms with Crippen LogP contribution in [0.25, 0.3) is 0 Å². The van der Waals surface area contributed by atoms with Crippen LogP contribution >= 0.6 is 7.92 Å². The highest BCUT2D eigenvalue weighted by molar-refractivity contribution is 7.58. The molecule has 1 aromatic heterocycles. The molecule has 0 fully saturated rings. The van der Waals surface area contributed by atoms with Gasteiger partial charge in [0.1, 0.15) is 5.82 Å². The number of rotatable bonds is 7. The molecule has 0 aliphatic carbocycles. The fourth-order valence-corrected chi connectivity index (χ4v) is 3.96. The van der Waals surface area contributed by atoms with Gasteiger partial charge in [0.25, 0.3) is 5.56 Å². The predicted octanol–water partition coefficient (Wildman–Crippen LogP) is 2.10. The molecule has 0 spiro atoms. The van der Waals surface area contributed by atoms with Crippen molar-refractivity contribution in [2.75, 3.05) is 18.7 Å². The lowest BCUT2D eigenvalue weighted by atomic mass is 10.5. The molecule has 0 bridgehead atoms. The van der Waals surface area contributed by atoms with Crippen LogP contribution in [-0.4, -0.2) is 33.8 Å². The first kappa shape index (κ1) is 16.1. The van der Waals surface area contributed by atoms with Gasteiger partial charge in [0, 0.05) is 6.07 Å². The minimum atomic E-state index is -0.133. The molecule has 6 heteroatoms. The average molecular weight is 285 g/mol. The van der Waals surface area contributed by atoms with Crippen LogP contribution in [0.5, 0.6) is 0 Å². The first-order valence-corrected chi connectivity index (χ1v) is 8.23. The van der Waals surface area contributed by atoms with Gasteiger partial charge in [-0.1, -0.05) is 35.6 Å². The predicted molar refractivity (Wildman–Crippen MR) is 80.9 cm³/mol. The summed E-state index contributed by atoms with van der Waals surface area (Å²) in [7, 11) is -0.117. The number of ether oxygens (including phenoxy) is 1. The van der Waals surface area contributed by atoms with Crippen LogP contribution < -0.4 is 11.3 Å². The van der Waals surface area contributed by atoms with Gasteiger partial charge in [-0.25, -0.2) is 4.98 Å². The highest BCUT2D eigenvalue weighted by Gasteiger charge is 2.16. The maximum atomic E-state index is 11.6. The Kier molecular flexibility index (Phi) is 6.46. The summed E-state index contributed by atoms with van der Waals surface area (Å²) in [6.45, 7) is 10.0. The highest BCUT2D eigenvalue weighted by atomic mass is 31.1. The van der Waals surface area contributed by atoms with Crippen LogP contribution in [0.2, 0.25) is 0 Å². The maximum absolute atomic E-state index is 11.6. The molecule has 1 rings (SSSR count). The van der Waals surface area contributed by atoms with E-state index in [1.165, 1.54) is 17.0 Å². The number of anilines is 1. The fourth-order valence-electron chi connectivity index (χ4n) is 1.84. The van der Waals surface area contributed by atoms with Gasteiger partial charge in [-0.15, -0.1) is 0 Å². The Labute approximate surface area is 115 Å². The molecule has 0 aliphatic rings. The van der Waals surface area contributed by atoms with Crippen LogP contribution in [0.3, 0.4) is 0 Å². The molecule has 1 heterocycles. The van der Waals surface area contributed by atoms with Crippen LogP contribution in [0.1, 0.15) is 27.7 Å². The van der Waals surface area contributed by atoms with E-state index in [4.69, 9.17) is 10.5 Å². The molecule has 1 aromatic rings. The van der Waals surface area contributed by atoms with Crippen molar-refractivity contribution in [2.24, 2.45) is 0 Å². The van der Waals surface area contributed by atoms with Crippen molar-refractivity contribution in [3.63, 3.8) is 0 Å². The Balaban J connectivity index is 2.40. The van der Waals surface area contributed by atoms with Crippen molar-refractivity contribution in [3.05, 3.63) is 22.7 Å². The first-order chi connectivity index (χ1) is 8.91. The van der Waals surface area contributed by atoms with Crippen molar-refractivity contribution in [1.82, 2.24) is 9.55 Å². The smallest absolute Gasteiger partial charge is 0.255 e. The van der Waals surface area contributed by atoms with E-state index in [-0.39, 0.29) is 19.3 Å². The van der Waals surface area contributed by atoms with Gasteiger partial charge in [-0.3, -0.25) is 9.36 Å². The van der Waals surface area contributed by atoms with Crippen LogP contribution in [0.15, 0.2) is 17.2 Å². The van der Waals surface area contributed by atoms with Gasteiger partial charge < -0.3 is 10.5 Å².